The van der Waals surface area contributed by atoms with Gasteiger partial charge in [0.2, 0.25) is 0 Å². The van der Waals surface area contributed by atoms with Gasteiger partial charge in [-0.2, -0.15) is 0 Å². The average Bonchev–Trinajstić information content (AvgIpc) is 2.94. The molecule has 1 aliphatic carbocycles. The minimum absolute atomic E-state index is 0.108. The van der Waals surface area contributed by atoms with Crippen LogP contribution < -0.4 is 5.32 Å². The van der Waals surface area contributed by atoms with Crippen molar-refractivity contribution in [1.82, 2.24) is 0 Å². The van der Waals surface area contributed by atoms with Gasteiger partial charge in [-0.15, -0.1) is 0 Å². The molecule has 1 aromatic carbocycles. The summed E-state index contributed by atoms with van der Waals surface area (Å²) in [6.45, 7) is 0. The van der Waals surface area contributed by atoms with Crippen LogP contribution in [-0.2, 0) is 0 Å². The zero-order valence-electron chi connectivity index (χ0n) is 7.67. The first kappa shape index (κ1) is 10.2. The summed E-state index contributed by atoms with van der Waals surface area (Å²) in [6, 6.07) is 2.35. The van der Waals surface area contributed by atoms with E-state index >= 15 is 0 Å². The van der Waals surface area contributed by atoms with Gasteiger partial charge in [0.05, 0.1) is 16.0 Å². The molecular weight excluding hydrogens is 223 g/mol. The van der Waals surface area contributed by atoms with E-state index in [4.69, 9.17) is 11.6 Å². The van der Waals surface area contributed by atoms with Crippen LogP contribution >= 0.6 is 11.6 Å². The number of nitrogens with zero attached hydrogens (tertiary/aromatic N) is 1. The number of benzene rings is 1. The monoisotopic (exact) mass is 230 g/mol. The van der Waals surface area contributed by atoms with Gasteiger partial charge in [-0.1, -0.05) is 11.6 Å². The van der Waals surface area contributed by atoms with Crippen LogP contribution in [0, 0.1) is 15.9 Å². The summed E-state index contributed by atoms with van der Waals surface area (Å²) in [6.07, 6.45) is 1.96. The summed E-state index contributed by atoms with van der Waals surface area (Å²) in [7, 11) is 0. The molecule has 0 bridgehead atoms. The molecule has 15 heavy (non-hydrogen) atoms. The fourth-order valence-electron chi connectivity index (χ4n) is 1.25. The third-order valence-electron chi connectivity index (χ3n) is 2.17. The van der Waals surface area contributed by atoms with Gasteiger partial charge in [-0.25, -0.2) is 4.39 Å². The molecular formula is C9H8ClFN2O2. The Bertz CT molecular complexity index is 421. The summed E-state index contributed by atoms with van der Waals surface area (Å²) in [5.74, 6) is -0.773. The smallest absolute Gasteiger partial charge is 0.295 e. The van der Waals surface area contributed by atoms with Gasteiger partial charge in [-0.05, 0) is 18.9 Å². The van der Waals surface area contributed by atoms with Crippen molar-refractivity contribution in [3.05, 3.63) is 33.1 Å². The predicted octanol–water partition coefficient (Wildman–Crippen LogP) is 2.96. The van der Waals surface area contributed by atoms with Crippen LogP contribution in [0.2, 0.25) is 5.02 Å². The summed E-state index contributed by atoms with van der Waals surface area (Å²) < 4.78 is 13.0. The lowest BCUT2D eigenvalue weighted by molar-refractivity contribution is -0.384. The molecule has 0 heterocycles. The van der Waals surface area contributed by atoms with E-state index in [1.54, 1.807) is 0 Å². The third-order valence-corrected chi connectivity index (χ3v) is 2.46. The summed E-state index contributed by atoms with van der Waals surface area (Å²) in [5.41, 5.74) is 0.0118. The van der Waals surface area contributed by atoms with Gasteiger partial charge >= 0.3 is 0 Å². The number of nitro groups is 1. The molecule has 1 saturated carbocycles. The molecule has 0 aliphatic heterocycles. The Hall–Kier alpha value is -1.36. The Morgan fingerprint density at radius 3 is 2.73 bits per heavy atom. The predicted molar refractivity (Wildman–Crippen MR) is 54.7 cm³/mol. The lowest BCUT2D eigenvalue weighted by atomic mass is 10.2. The molecule has 80 valence electrons. The van der Waals surface area contributed by atoms with Crippen LogP contribution in [0.4, 0.5) is 15.8 Å². The minimum Gasteiger partial charge on any atom is -0.377 e. The van der Waals surface area contributed by atoms with Crippen molar-refractivity contribution < 1.29 is 9.31 Å². The molecule has 1 fully saturated rings. The number of halogens is 2. The van der Waals surface area contributed by atoms with Crippen molar-refractivity contribution in [1.29, 1.82) is 0 Å². The highest BCUT2D eigenvalue weighted by molar-refractivity contribution is 6.31. The van der Waals surface area contributed by atoms with E-state index in [0.717, 1.165) is 18.9 Å². The summed E-state index contributed by atoms with van der Waals surface area (Å²) >= 11 is 5.56. The molecule has 1 aromatic rings. The van der Waals surface area contributed by atoms with E-state index in [-0.39, 0.29) is 22.4 Å². The van der Waals surface area contributed by atoms with Crippen molar-refractivity contribution >= 4 is 23.0 Å². The minimum atomic E-state index is -0.773. The van der Waals surface area contributed by atoms with Crippen molar-refractivity contribution in [3.63, 3.8) is 0 Å². The van der Waals surface area contributed by atoms with Crippen LogP contribution in [0.25, 0.3) is 0 Å². The molecule has 0 spiro atoms. The van der Waals surface area contributed by atoms with Crippen LogP contribution in [0.1, 0.15) is 12.8 Å². The third kappa shape index (κ3) is 2.18. The highest BCUT2D eigenvalue weighted by Gasteiger charge is 2.25. The molecule has 0 aromatic heterocycles. The van der Waals surface area contributed by atoms with Gasteiger partial charge in [0, 0.05) is 6.04 Å². The Morgan fingerprint density at radius 2 is 2.20 bits per heavy atom. The molecule has 0 unspecified atom stereocenters. The van der Waals surface area contributed by atoms with Gasteiger partial charge in [0.1, 0.15) is 11.5 Å². The van der Waals surface area contributed by atoms with Crippen molar-refractivity contribution in [2.75, 3.05) is 5.32 Å². The summed E-state index contributed by atoms with van der Waals surface area (Å²) in [5, 5.41) is 13.5. The van der Waals surface area contributed by atoms with Crippen LogP contribution in [0.15, 0.2) is 12.1 Å². The number of rotatable bonds is 3. The number of hydrogen-bond acceptors (Lipinski definition) is 3. The van der Waals surface area contributed by atoms with Gasteiger partial charge in [-0.3, -0.25) is 10.1 Å². The fourth-order valence-corrected chi connectivity index (χ4v) is 1.41. The van der Waals surface area contributed by atoms with Gasteiger partial charge < -0.3 is 5.32 Å². The first-order valence-corrected chi connectivity index (χ1v) is 4.85. The molecule has 1 aliphatic rings. The maximum atomic E-state index is 13.0. The van der Waals surface area contributed by atoms with E-state index < -0.39 is 10.7 Å². The van der Waals surface area contributed by atoms with Crippen LogP contribution in [0.3, 0.4) is 0 Å². The topological polar surface area (TPSA) is 55.2 Å². The van der Waals surface area contributed by atoms with Crippen LogP contribution in [-0.4, -0.2) is 11.0 Å². The quantitative estimate of drug-likeness (QED) is 0.642. The van der Waals surface area contributed by atoms with E-state index in [1.807, 2.05) is 0 Å². The molecule has 0 atom stereocenters. The number of hydrogen-bond donors (Lipinski definition) is 1. The fraction of sp³-hybridized carbons (Fsp3) is 0.333. The molecule has 0 saturated heterocycles. The lowest BCUT2D eigenvalue weighted by Crippen LogP contribution is -2.04. The molecule has 1 N–H and O–H groups in total. The average molecular weight is 231 g/mol. The number of nitrogens with one attached hydrogen (secondary N) is 1. The van der Waals surface area contributed by atoms with Crippen molar-refractivity contribution in [2.24, 2.45) is 0 Å². The molecule has 4 nitrogen and oxygen atoms in total. The second-order valence-electron chi connectivity index (χ2n) is 3.46. The summed E-state index contributed by atoms with van der Waals surface area (Å²) in [4.78, 5) is 10.0. The van der Waals surface area contributed by atoms with Crippen molar-refractivity contribution in [2.45, 2.75) is 18.9 Å². The van der Waals surface area contributed by atoms with Gasteiger partial charge in [0.25, 0.3) is 5.69 Å². The lowest BCUT2D eigenvalue weighted by Gasteiger charge is -2.06. The van der Waals surface area contributed by atoms with Crippen molar-refractivity contribution in [3.8, 4) is 0 Å². The first-order valence-electron chi connectivity index (χ1n) is 4.48. The largest absolute Gasteiger partial charge is 0.377 e. The highest BCUT2D eigenvalue weighted by Crippen LogP contribution is 2.34. The second kappa shape index (κ2) is 3.66. The Kier molecular flexibility index (Phi) is 2.48. The molecule has 0 amide bonds. The van der Waals surface area contributed by atoms with E-state index in [9.17, 15) is 14.5 Å². The Labute approximate surface area is 90.2 Å². The zero-order chi connectivity index (χ0) is 11.0. The maximum absolute atomic E-state index is 13.0. The second-order valence-corrected chi connectivity index (χ2v) is 3.87. The Morgan fingerprint density at radius 1 is 1.53 bits per heavy atom. The molecule has 6 heteroatoms. The van der Waals surface area contributed by atoms with Gasteiger partial charge in [0.15, 0.2) is 0 Å². The Balaban J connectivity index is 2.39. The molecule has 0 radical (unpaired) electrons. The van der Waals surface area contributed by atoms with E-state index in [2.05, 4.69) is 5.32 Å². The normalized spacial score (nSPS) is 15.1. The zero-order valence-corrected chi connectivity index (χ0v) is 8.42. The highest BCUT2D eigenvalue weighted by atomic mass is 35.5. The maximum Gasteiger partial charge on any atom is 0.295 e. The standard InChI is InChI=1S/C9H8ClFN2O2/c10-6-3-8(12-5-1-2-5)9(13(14)15)4-7(6)11/h3-5,12H,1-2H2. The first-order chi connectivity index (χ1) is 7.08. The SMILES string of the molecule is O=[N+]([O-])c1cc(F)c(Cl)cc1NC1CC1. The number of nitro benzene ring substituents is 1. The number of anilines is 1. The molecule has 2 rings (SSSR count). The van der Waals surface area contributed by atoms with Crippen LogP contribution in [0.5, 0.6) is 0 Å². The van der Waals surface area contributed by atoms with E-state index in [0.29, 0.717) is 0 Å². The van der Waals surface area contributed by atoms with E-state index in [1.165, 1.54) is 6.07 Å².